The summed E-state index contributed by atoms with van der Waals surface area (Å²) >= 11 is 0. The number of rotatable bonds is 8. The average Bonchev–Trinajstić information content (AvgIpc) is 2.17. The van der Waals surface area contributed by atoms with Crippen LogP contribution in [0, 0.1) is 5.92 Å². The first kappa shape index (κ1) is 17.1. The molecule has 0 radical (unpaired) electrons. The molecule has 0 rings (SSSR count). The molecule has 17 heavy (non-hydrogen) atoms. The van der Waals surface area contributed by atoms with Crippen LogP contribution >= 0.6 is 0 Å². The van der Waals surface area contributed by atoms with Crippen LogP contribution in [0.25, 0.3) is 0 Å². The Labute approximate surface area is 109 Å². The fourth-order valence-corrected chi connectivity index (χ4v) is 8.69. The van der Waals surface area contributed by atoms with Crippen LogP contribution in [-0.2, 0) is 9.16 Å². The molecule has 3 heteroatoms. The van der Waals surface area contributed by atoms with E-state index in [1.54, 1.807) is 7.11 Å². The van der Waals surface area contributed by atoms with Crippen molar-refractivity contribution in [2.45, 2.75) is 65.1 Å². The van der Waals surface area contributed by atoms with Crippen molar-refractivity contribution in [3.8, 4) is 0 Å². The van der Waals surface area contributed by atoms with E-state index in [-0.39, 0.29) is 0 Å². The lowest BCUT2D eigenvalue weighted by atomic mass is 10.2. The molecule has 0 amide bonds. The van der Waals surface area contributed by atoms with Gasteiger partial charge >= 0.3 is 0 Å². The number of hydrogen-bond acceptors (Lipinski definition) is 2. The Morgan fingerprint density at radius 2 is 1.18 bits per heavy atom. The summed E-state index contributed by atoms with van der Waals surface area (Å²) < 4.78 is 11.7. The van der Waals surface area contributed by atoms with E-state index in [9.17, 15) is 0 Å². The van der Waals surface area contributed by atoms with Gasteiger partial charge in [0, 0.05) is 19.6 Å². The smallest absolute Gasteiger partial charge is 0.200 e. The van der Waals surface area contributed by atoms with Gasteiger partial charge in [0.25, 0.3) is 0 Å². The van der Waals surface area contributed by atoms with Gasteiger partial charge in [0.1, 0.15) is 0 Å². The Hall–Kier alpha value is 0.137. The van der Waals surface area contributed by atoms with E-state index in [2.05, 4.69) is 48.5 Å². The Morgan fingerprint density at radius 3 is 1.47 bits per heavy atom. The maximum absolute atomic E-state index is 6.49. The van der Waals surface area contributed by atoms with Crippen LogP contribution in [0.15, 0.2) is 0 Å². The van der Waals surface area contributed by atoms with Gasteiger partial charge < -0.3 is 9.16 Å². The van der Waals surface area contributed by atoms with Gasteiger partial charge in [0.05, 0.1) is 6.61 Å². The van der Waals surface area contributed by atoms with Crippen LogP contribution in [0.5, 0.6) is 0 Å². The first-order chi connectivity index (χ1) is 7.78. The zero-order chi connectivity index (χ0) is 13.6. The van der Waals surface area contributed by atoms with E-state index in [1.807, 2.05) is 0 Å². The van der Waals surface area contributed by atoms with E-state index >= 15 is 0 Å². The SMILES string of the molecule is COC[C@H](C)CO[Si](C(C)C)(C(C)C)C(C)C. The molecule has 2 nitrogen and oxygen atoms in total. The molecular weight excluding hydrogens is 228 g/mol. The zero-order valence-electron chi connectivity index (χ0n) is 13.0. The van der Waals surface area contributed by atoms with E-state index in [0.29, 0.717) is 22.5 Å². The summed E-state index contributed by atoms with van der Waals surface area (Å²) in [5, 5.41) is 0. The lowest BCUT2D eigenvalue weighted by molar-refractivity contribution is 0.120. The maximum Gasteiger partial charge on any atom is 0.200 e. The highest BCUT2D eigenvalue weighted by Gasteiger charge is 2.45. The molecule has 0 unspecified atom stereocenters. The third kappa shape index (κ3) is 4.38. The number of ether oxygens (including phenoxy) is 1. The molecule has 0 aromatic rings. The Bertz CT molecular complexity index is 181. The standard InChI is InChI=1S/C14H32O2Si/c1-11(2)17(12(3)4,13(5)6)16-10-14(7)9-15-8/h11-14H,9-10H2,1-8H3/t14-/m0/s1. The van der Waals surface area contributed by atoms with Gasteiger partial charge in [-0.25, -0.2) is 0 Å². The van der Waals surface area contributed by atoms with E-state index in [4.69, 9.17) is 9.16 Å². The molecule has 0 saturated heterocycles. The Kier molecular flexibility index (Phi) is 7.61. The monoisotopic (exact) mass is 260 g/mol. The Morgan fingerprint density at radius 1 is 0.765 bits per heavy atom. The molecule has 0 bridgehead atoms. The second-order valence-corrected chi connectivity index (χ2v) is 11.6. The van der Waals surface area contributed by atoms with Crippen LogP contribution in [0.2, 0.25) is 16.6 Å². The van der Waals surface area contributed by atoms with Crippen molar-refractivity contribution in [3.63, 3.8) is 0 Å². The predicted molar refractivity (Wildman–Crippen MR) is 78.0 cm³/mol. The van der Waals surface area contributed by atoms with Crippen LogP contribution in [0.1, 0.15) is 48.5 Å². The summed E-state index contributed by atoms with van der Waals surface area (Å²) in [6, 6.07) is 0. The minimum atomic E-state index is -1.67. The summed E-state index contributed by atoms with van der Waals surface area (Å²) in [4.78, 5) is 0. The molecule has 0 heterocycles. The molecule has 0 aromatic carbocycles. The quantitative estimate of drug-likeness (QED) is 0.600. The first-order valence-electron chi connectivity index (χ1n) is 6.91. The largest absolute Gasteiger partial charge is 0.416 e. The van der Waals surface area contributed by atoms with Crippen LogP contribution in [0.4, 0.5) is 0 Å². The molecule has 0 aliphatic heterocycles. The highest BCUT2D eigenvalue weighted by Crippen LogP contribution is 2.42. The van der Waals surface area contributed by atoms with Crippen molar-refractivity contribution in [1.82, 2.24) is 0 Å². The maximum atomic E-state index is 6.49. The molecule has 0 aliphatic carbocycles. The second-order valence-electron chi connectivity index (χ2n) is 6.19. The number of methoxy groups -OCH3 is 1. The van der Waals surface area contributed by atoms with Gasteiger partial charge in [-0.15, -0.1) is 0 Å². The first-order valence-corrected chi connectivity index (χ1v) is 9.05. The Balaban J connectivity index is 4.70. The summed E-state index contributed by atoms with van der Waals surface area (Å²) in [6.07, 6.45) is 0. The third-order valence-electron chi connectivity index (χ3n) is 3.78. The second kappa shape index (κ2) is 7.55. The summed E-state index contributed by atoms with van der Waals surface area (Å²) in [5.41, 5.74) is 1.99. The molecule has 0 aliphatic rings. The fraction of sp³-hybridized carbons (Fsp3) is 1.00. The molecule has 0 aromatic heterocycles. The van der Waals surface area contributed by atoms with Crippen molar-refractivity contribution in [1.29, 1.82) is 0 Å². The van der Waals surface area contributed by atoms with Crippen LogP contribution in [-0.4, -0.2) is 28.6 Å². The summed E-state index contributed by atoms with van der Waals surface area (Å²) in [6.45, 7) is 17.8. The van der Waals surface area contributed by atoms with Gasteiger partial charge in [-0.1, -0.05) is 48.5 Å². The van der Waals surface area contributed by atoms with Crippen LogP contribution in [0.3, 0.4) is 0 Å². The predicted octanol–water partition coefficient (Wildman–Crippen LogP) is 4.46. The molecule has 0 saturated carbocycles. The van der Waals surface area contributed by atoms with Gasteiger partial charge in [0.2, 0.25) is 0 Å². The molecule has 0 N–H and O–H groups in total. The van der Waals surface area contributed by atoms with Gasteiger partial charge in [-0.05, 0) is 16.6 Å². The highest BCUT2D eigenvalue weighted by molar-refractivity contribution is 6.77. The van der Waals surface area contributed by atoms with Crippen molar-refractivity contribution < 1.29 is 9.16 Å². The van der Waals surface area contributed by atoms with Gasteiger partial charge in [-0.2, -0.15) is 0 Å². The summed E-state index contributed by atoms with van der Waals surface area (Å²) in [7, 11) is 0.0835. The van der Waals surface area contributed by atoms with Crippen molar-refractivity contribution in [2.75, 3.05) is 20.3 Å². The van der Waals surface area contributed by atoms with Gasteiger partial charge in [-0.3, -0.25) is 0 Å². The van der Waals surface area contributed by atoms with Crippen molar-refractivity contribution >= 4 is 8.32 Å². The van der Waals surface area contributed by atoms with Crippen molar-refractivity contribution in [2.24, 2.45) is 5.92 Å². The highest BCUT2D eigenvalue weighted by atomic mass is 28.4. The minimum Gasteiger partial charge on any atom is -0.416 e. The topological polar surface area (TPSA) is 18.5 Å². The van der Waals surface area contributed by atoms with Crippen molar-refractivity contribution in [3.05, 3.63) is 0 Å². The lowest BCUT2D eigenvalue weighted by Crippen LogP contribution is -2.48. The molecule has 0 spiro atoms. The molecule has 0 fully saturated rings. The van der Waals surface area contributed by atoms with E-state index in [1.165, 1.54) is 0 Å². The number of hydrogen-bond donors (Lipinski definition) is 0. The molecule has 104 valence electrons. The van der Waals surface area contributed by atoms with E-state index in [0.717, 1.165) is 13.2 Å². The average molecular weight is 260 g/mol. The minimum absolute atomic E-state index is 0.489. The zero-order valence-corrected chi connectivity index (χ0v) is 14.0. The summed E-state index contributed by atoms with van der Waals surface area (Å²) in [5.74, 6) is 0.489. The fourth-order valence-electron chi connectivity index (χ4n) is 3.12. The van der Waals surface area contributed by atoms with Gasteiger partial charge in [0.15, 0.2) is 8.32 Å². The lowest BCUT2D eigenvalue weighted by Gasteiger charge is -2.42. The normalized spacial score (nSPS) is 15.0. The van der Waals surface area contributed by atoms with Crippen LogP contribution < -0.4 is 0 Å². The third-order valence-corrected chi connectivity index (χ3v) is 9.86. The van der Waals surface area contributed by atoms with E-state index < -0.39 is 8.32 Å². The molecular formula is C14H32O2Si. The molecule has 1 atom stereocenters.